The number of likely N-dealkylation sites (tertiary alicyclic amines) is 1. The predicted molar refractivity (Wildman–Crippen MR) is 95.8 cm³/mol. The summed E-state index contributed by atoms with van der Waals surface area (Å²) in [6.45, 7) is 1.02. The summed E-state index contributed by atoms with van der Waals surface area (Å²) in [5, 5.41) is 9.86. The molecule has 2 aromatic carbocycles. The Bertz CT molecular complexity index is 675. The largest absolute Gasteiger partial charge is 0.476 e. The molecule has 1 aliphatic heterocycles. The van der Waals surface area contributed by atoms with Crippen molar-refractivity contribution in [3.8, 4) is 5.75 Å². The number of amides is 1. The second-order valence-corrected chi connectivity index (χ2v) is 6.86. The lowest BCUT2D eigenvalue weighted by Crippen LogP contribution is -2.45. The van der Waals surface area contributed by atoms with E-state index in [-0.39, 0.29) is 5.91 Å². The molecule has 5 heteroatoms. The van der Waals surface area contributed by atoms with Crippen LogP contribution in [0.3, 0.4) is 0 Å². The van der Waals surface area contributed by atoms with E-state index in [1.54, 1.807) is 4.90 Å². The first kappa shape index (κ1) is 17.0. The van der Waals surface area contributed by atoms with E-state index >= 15 is 0 Å². The highest BCUT2D eigenvalue weighted by atomic mass is 79.9. The number of aliphatic hydroxyl groups is 1. The predicted octanol–water partition coefficient (Wildman–Crippen LogP) is 3.55. The van der Waals surface area contributed by atoms with Crippen LogP contribution in [0.1, 0.15) is 24.5 Å². The van der Waals surface area contributed by atoms with Gasteiger partial charge >= 0.3 is 0 Å². The van der Waals surface area contributed by atoms with Gasteiger partial charge in [0.05, 0.1) is 6.10 Å². The van der Waals surface area contributed by atoms with E-state index < -0.39 is 12.2 Å². The summed E-state index contributed by atoms with van der Waals surface area (Å²) in [7, 11) is 0. The Kier molecular flexibility index (Phi) is 5.53. The molecule has 3 rings (SSSR count). The molecule has 1 fully saturated rings. The molecule has 1 amide bonds. The molecule has 2 atom stereocenters. The molecule has 4 nitrogen and oxygen atoms in total. The van der Waals surface area contributed by atoms with Crippen LogP contribution >= 0.6 is 15.9 Å². The van der Waals surface area contributed by atoms with E-state index in [2.05, 4.69) is 15.9 Å². The standard InChI is InChI=1S/C19H20BrNO3/c20-15-8-10-17(11-9-15)24-18(14-5-2-1-3-6-14)19(23)21-12-4-7-16(22)13-21/h1-3,5-6,8-11,16,18,22H,4,7,12-13H2. The quantitative estimate of drug-likeness (QED) is 0.869. The Balaban J connectivity index is 1.84. The fourth-order valence-electron chi connectivity index (χ4n) is 2.86. The third kappa shape index (κ3) is 4.16. The average Bonchev–Trinajstić information content (AvgIpc) is 2.61. The molecule has 2 aromatic rings. The van der Waals surface area contributed by atoms with Crippen LogP contribution < -0.4 is 4.74 Å². The molecule has 0 aliphatic carbocycles. The van der Waals surface area contributed by atoms with Gasteiger partial charge in [0.2, 0.25) is 6.10 Å². The molecule has 1 heterocycles. The summed E-state index contributed by atoms with van der Waals surface area (Å²) in [5.41, 5.74) is 0.811. The maximum Gasteiger partial charge on any atom is 0.268 e. The highest BCUT2D eigenvalue weighted by Gasteiger charge is 2.30. The van der Waals surface area contributed by atoms with Crippen LogP contribution in [0.15, 0.2) is 59.1 Å². The number of benzene rings is 2. The van der Waals surface area contributed by atoms with Crippen molar-refractivity contribution in [2.45, 2.75) is 25.0 Å². The first-order valence-corrected chi connectivity index (χ1v) is 8.87. The van der Waals surface area contributed by atoms with Crippen molar-refractivity contribution in [2.24, 2.45) is 0 Å². The van der Waals surface area contributed by atoms with Crippen molar-refractivity contribution in [3.63, 3.8) is 0 Å². The van der Waals surface area contributed by atoms with Gasteiger partial charge in [0, 0.05) is 23.1 Å². The molecule has 0 aromatic heterocycles. The van der Waals surface area contributed by atoms with Crippen LogP contribution in [0.4, 0.5) is 0 Å². The highest BCUT2D eigenvalue weighted by Crippen LogP contribution is 2.26. The third-order valence-electron chi connectivity index (χ3n) is 4.10. The van der Waals surface area contributed by atoms with Gasteiger partial charge in [-0.15, -0.1) is 0 Å². The number of ether oxygens (including phenoxy) is 1. The van der Waals surface area contributed by atoms with E-state index in [9.17, 15) is 9.90 Å². The zero-order valence-electron chi connectivity index (χ0n) is 13.3. The van der Waals surface area contributed by atoms with Gasteiger partial charge in [-0.25, -0.2) is 0 Å². The van der Waals surface area contributed by atoms with Crippen LogP contribution in [-0.4, -0.2) is 35.1 Å². The van der Waals surface area contributed by atoms with Gasteiger partial charge in [-0.05, 0) is 37.1 Å². The lowest BCUT2D eigenvalue weighted by Gasteiger charge is -2.33. The summed E-state index contributed by atoms with van der Waals surface area (Å²) in [6, 6.07) is 16.9. The van der Waals surface area contributed by atoms with Gasteiger partial charge in [0.25, 0.3) is 5.91 Å². The summed E-state index contributed by atoms with van der Waals surface area (Å²) >= 11 is 3.40. The second-order valence-electron chi connectivity index (χ2n) is 5.94. The van der Waals surface area contributed by atoms with E-state index in [4.69, 9.17) is 4.74 Å². The number of piperidine rings is 1. The zero-order valence-corrected chi connectivity index (χ0v) is 14.9. The summed E-state index contributed by atoms with van der Waals surface area (Å²) in [4.78, 5) is 14.7. The number of rotatable bonds is 4. The molecule has 126 valence electrons. The van der Waals surface area contributed by atoms with Crippen molar-refractivity contribution >= 4 is 21.8 Å². The fourth-order valence-corrected chi connectivity index (χ4v) is 3.12. The van der Waals surface area contributed by atoms with Gasteiger partial charge in [-0.3, -0.25) is 4.79 Å². The lowest BCUT2D eigenvalue weighted by molar-refractivity contribution is -0.142. The normalized spacial score (nSPS) is 18.9. The number of carbonyl (C=O) groups excluding carboxylic acids is 1. The van der Waals surface area contributed by atoms with Crippen LogP contribution in [0.25, 0.3) is 0 Å². The van der Waals surface area contributed by atoms with Gasteiger partial charge in [-0.2, -0.15) is 0 Å². The van der Waals surface area contributed by atoms with Crippen molar-refractivity contribution in [1.82, 2.24) is 4.90 Å². The average molecular weight is 390 g/mol. The Morgan fingerprint density at radius 1 is 1.17 bits per heavy atom. The minimum atomic E-state index is -0.710. The Hall–Kier alpha value is -1.85. The molecule has 1 saturated heterocycles. The topological polar surface area (TPSA) is 49.8 Å². The van der Waals surface area contributed by atoms with Crippen LogP contribution in [-0.2, 0) is 4.79 Å². The first-order valence-electron chi connectivity index (χ1n) is 8.07. The second kappa shape index (κ2) is 7.81. The minimum absolute atomic E-state index is 0.108. The number of nitrogens with zero attached hydrogens (tertiary/aromatic N) is 1. The maximum absolute atomic E-state index is 13.0. The van der Waals surface area contributed by atoms with Crippen LogP contribution in [0.5, 0.6) is 5.75 Å². The van der Waals surface area contributed by atoms with E-state index in [0.717, 1.165) is 22.9 Å². The molecule has 0 spiro atoms. The number of halogens is 1. The number of β-amino-alcohol motifs (C(OH)–C–C–N with tert-alkyl or cyclic N) is 1. The summed E-state index contributed by atoms with van der Waals surface area (Å²) in [6.07, 6.45) is 0.393. The number of hydrogen-bond acceptors (Lipinski definition) is 3. The molecule has 1 N–H and O–H groups in total. The van der Waals surface area contributed by atoms with E-state index in [0.29, 0.717) is 18.8 Å². The zero-order chi connectivity index (χ0) is 16.9. The molecule has 0 radical (unpaired) electrons. The number of carbonyl (C=O) groups is 1. The van der Waals surface area contributed by atoms with Crippen LogP contribution in [0.2, 0.25) is 0 Å². The van der Waals surface area contributed by atoms with Gasteiger partial charge < -0.3 is 14.7 Å². The van der Waals surface area contributed by atoms with Crippen LogP contribution in [0, 0.1) is 0 Å². The first-order chi connectivity index (χ1) is 11.6. The summed E-state index contributed by atoms with van der Waals surface area (Å²) in [5.74, 6) is 0.529. The molecule has 0 bridgehead atoms. The fraction of sp³-hybridized carbons (Fsp3) is 0.316. The van der Waals surface area contributed by atoms with E-state index in [1.807, 2.05) is 54.6 Å². The SMILES string of the molecule is O=C(C(Oc1ccc(Br)cc1)c1ccccc1)N1CCCC(O)C1. The Morgan fingerprint density at radius 3 is 2.54 bits per heavy atom. The Morgan fingerprint density at radius 2 is 1.88 bits per heavy atom. The molecule has 2 unspecified atom stereocenters. The Labute approximate surface area is 150 Å². The van der Waals surface area contributed by atoms with Gasteiger partial charge in [0.1, 0.15) is 5.75 Å². The highest BCUT2D eigenvalue weighted by molar-refractivity contribution is 9.10. The van der Waals surface area contributed by atoms with E-state index in [1.165, 1.54) is 0 Å². The molecule has 0 saturated carbocycles. The van der Waals surface area contributed by atoms with Crippen molar-refractivity contribution in [1.29, 1.82) is 0 Å². The maximum atomic E-state index is 13.0. The smallest absolute Gasteiger partial charge is 0.268 e. The van der Waals surface area contributed by atoms with Crippen molar-refractivity contribution in [3.05, 3.63) is 64.6 Å². The summed E-state index contributed by atoms with van der Waals surface area (Å²) < 4.78 is 6.97. The van der Waals surface area contributed by atoms with Gasteiger partial charge in [0.15, 0.2) is 0 Å². The minimum Gasteiger partial charge on any atom is -0.476 e. The lowest BCUT2D eigenvalue weighted by atomic mass is 10.0. The molecule has 1 aliphatic rings. The number of hydrogen-bond donors (Lipinski definition) is 1. The monoisotopic (exact) mass is 389 g/mol. The number of aliphatic hydroxyl groups excluding tert-OH is 1. The molecule has 24 heavy (non-hydrogen) atoms. The molecular formula is C19H20BrNO3. The van der Waals surface area contributed by atoms with Gasteiger partial charge in [-0.1, -0.05) is 46.3 Å². The third-order valence-corrected chi connectivity index (χ3v) is 4.63. The molecular weight excluding hydrogens is 370 g/mol. The van der Waals surface area contributed by atoms with Crippen molar-refractivity contribution < 1.29 is 14.6 Å². The van der Waals surface area contributed by atoms with Crippen molar-refractivity contribution in [2.75, 3.05) is 13.1 Å².